The van der Waals surface area contributed by atoms with E-state index in [1.165, 1.54) is 64.2 Å². The number of benzene rings is 1. The molecule has 3 heterocycles. The minimum atomic E-state index is -0.792. The Morgan fingerprint density at radius 2 is 1.59 bits per heavy atom. The first-order chi connectivity index (χ1) is 18.0. The van der Waals surface area contributed by atoms with Crippen LogP contribution < -0.4 is 5.56 Å². The zero-order valence-electron chi connectivity index (χ0n) is 22.0. The Labute approximate surface area is 219 Å². The lowest BCUT2D eigenvalue weighted by Gasteiger charge is -2.54. The molecule has 6 rings (SSSR count). The molecule has 0 spiro atoms. The molecule has 2 saturated carbocycles. The minimum Gasteiger partial charge on any atom is -0.461 e. The number of piperidine rings is 2. The zero-order valence-corrected chi connectivity index (χ0v) is 22.0. The number of para-hydroxylation sites is 2. The fourth-order valence-electron chi connectivity index (χ4n) is 8.29. The van der Waals surface area contributed by atoms with Gasteiger partial charge in [0.1, 0.15) is 0 Å². The first-order valence-electron chi connectivity index (χ1n) is 14.6. The second-order valence-corrected chi connectivity index (χ2v) is 11.9. The molecule has 5 atom stereocenters. The third-order valence-corrected chi connectivity index (χ3v) is 9.66. The van der Waals surface area contributed by atoms with Crippen molar-refractivity contribution in [1.82, 2.24) is 14.5 Å². The average Bonchev–Trinajstić information content (AvgIpc) is 3.06. The maximum atomic E-state index is 13.8. The summed E-state index contributed by atoms with van der Waals surface area (Å²) in [4.78, 5) is 33.6. The van der Waals surface area contributed by atoms with Gasteiger partial charge in [-0.3, -0.25) is 15.1 Å². The van der Waals surface area contributed by atoms with Crippen molar-refractivity contribution in [3.8, 4) is 0 Å². The highest BCUT2D eigenvalue weighted by molar-refractivity contribution is 6.41. The topological polar surface area (TPSA) is 88.3 Å². The molecule has 7 heteroatoms. The molecular weight excluding hydrogens is 464 g/mol. The molecule has 198 valence electrons. The monoisotopic (exact) mass is 504 g/mol. The minimum absolute atomic E-state index is 0.0477. The Bertz CT molecular complexity index is 1210. The summed E-state index contributed by atoms with van der Waals surface area (Å²) < 4.78 is 6.90. The maximum Gasteiger partial charge on any atom is 0.358 e. The molecule has 1 aromatic heterocycles. The van der Waals surface area contributed by atoms with Gasteiger partial charge in [0.25, 0.3) is 5.56 Å². The Morgan fingerprint density at radius 1 is 0.919 bits per heavy atom. The number of hydrogen-bond donors (Lipinski definition) is 1. The molecule has 1 aromatic carbocycles. The molecule has 4 fully saturated rings. The van der Waals surface area contributed by atoms with E-state index in [2.05, 4.69) is 9.88 Å². The summed E-state index contributed by atoms with van der Waals surface area (Å²) in [5, 5.41) is 8.38. The van der Waals surface area contributed by atoms with Gasteiger partial charge in [0.15, 0.2) is 11.4 Å². The number of aromatic nitrogens is 2. The normalized spacial score (nSPS) is 32.0. The number of fused-ring (bicyclic) bond motifs is 5. The molecule has 7 nitrogen and oxygen atoms in total. The van der Waals surface area contributed by atoms with E-state index in [1.54, 1.807) is 6.92 Å². The van der Waals surface area contributed by atoms with Crippen molar-refractivity contribution in [2.45, 2.75) is 108 Å². The van der Waals surface area contributed by atoms with Crippen LogP contribution >= 0.6 is 0 Å². The molecule has 1 N–H and O–H groups in total. The number of nitrogens with one attached hydrogen (secondary N) is 1. The molecular formula is C30H40N4O3. The van der Waals surface area contributed by atoms with Crippen molar-refractivity contribution < 1.29 is 9.53 Å². The lowest BCUT2D eigenvalue weighted by molar-refractivity contribution is -0.135. The van der Waals surface area contributed by atoms with Crippen LogP contribution in [0.1, 0.15) is 95.7 Å². The van der Waals surface area contributed by atoms with E-state index >= 15 is 0 Å². The van der Waals surface area contributed by atoms with Crippen LogP contribution in [0.25, 0.3) is 11.0 Å². The first kappa shape index (κ1) is 24.8. The van der Waals surface area contributed by atoms with Gasteiger partial charge in [0, 0.05) is 24.2 Å². The van der Waals surface area contributed by atoms with Gasteiger partial charge in [-0.05, 0) is 75.8 Å². The van der Waals surface area contributed by atoms with Gasteiger partial charge in [0.05, 0.1) is 17.6 Å². The fraction of sp³-hybridized carbons (Fsp3) is 0.667. The van der Waals surface area contributed by atoms with Gasteiger partial charge in [-0.2, -0.15) is 0 Å². The SMILES string of the molecule is CCOC(=O)C(=N)c1nc2ccccc2n([C@H]2C[C@H]3CCC[C@@H](C2)N3C2CC3CCCCC(C3)C2)c1=O. The van der Waals surface area contributed by atoms with E-state index in [9.17, 15) is 9.59 Å². The molecule has 2 aliphatic heterocycles. The second kappa shape index (κ2) is 10.3. The molecule has 2 aliphatic carbocycles. The molecule has 0 amide bonds. The highest BCUT2D eigenvalue weighted by atomic mass is 16.5. The van der Waals surface area contributed by atoms with E-state index in [0.29, 0.717) is 23.6 Å². The van der Waals surface area contributed by atoms with E-state index < -0.39 is 11.7 Å². The predicted octanol–water partition coefficient (Wildman–Crippen LogP) is 5.24. The average molecular weight is 505 g/mol. The molecule has 4 bridgehead atoms. The van der Waals surface area contributed by atoms with Crippen LogP contribution in [0.2, 0.25) is 0 Å². The van der Waals surface area contributed by atoms with Gasteiger partial charge in [-0.1, -0.05) is 44.2 Å². The Morgan fingerprint density at radius 3 is 2.27 bits per heavy atom. The summed E-state index contributed by atoms with van der Waals surface area (Å²) >= 11 is 0. The molecule has 2 aromatic rings. The summed E-state index contributed by atoms with van der Waals surface area (Å²) in [6.45, 7) is 1.86. The summed E-state index contributed by atoms with van der Waals surface area (Å²) in [5.74, 6) is 1.00. The third-order valence-electron chi connectivity index (χ3n) is 9.66. The van der Waals surface area contributed by atoms with Crippen LogP contribution in [0.5, 0.6) is 0 Å². The van der Waals surface area contributed by atoms with Crippen molar-refractivity contribution in [3.05, 3.63) is 40.3 Å². The fourth-order valence-corrected chi connectivity index (χ4v) is 8.29. The molecule has 2 saturated heterocycles. The second-order valence-electron chi connectivity index (χ2n) is 11.9. The smallest absolute Gasteiger partial charge is 0.358 e. The Kier molecular flexibility index (Phi) is 6.91. The number of ether oxygens (including phenoxy) is 1. The van der Waals surface area contributed by atoms with Crippen LogP contribution in [0, 0.1) is 17.2 Å². The van der Waals surface area contributed by atoms with E-state index in [-0.39, 0.29) is 23.9 Å². The summed E-state index contributed by atoms with van der Waals surface area (Å²) in [6.07, 6.45) is 15.3. The largest absolute Gasteiger partial charge is 0.461 e. The quantitative estimate of drug-likeness (QED) is 0.444. The standard InChI is InChI=1S/C30H40N4O3/c1-2-37-30(36)27(31)28-29(35)34(26-13-6-5-12-25(26)32-28)24-17-21-10-7-11-22(18-24)33(21)23-15-19-8-3-4-9-20(14-19)16-23/h5-6,12-13,19-24,31H,2-4,7-11,14-18H2,1H3/t19?,20?,21-,22+,23?,24+. The van der Waals surface area contributed by atoms with Crippen LogP contribution in [-0.4, -0.2) is 50.9 Å². The van der Waals surface area contributed by atoms with E-state index in [0.717, 1.165) is 30.2 Å². The third kappa shape index (κ3) is 4.64. The first-order valence-corrected chi connectivity index (χ1v) is 14.6. The number of carbonyl (C=O) groups is 1. The van der Waals surface area contributed by atoms with E-state index in [1.807, 2.05) is 28.8 Å². The Balaban J connectivity index is 1.33. The van der Waals surface area contributed by atoms with Gasteiger partial charge in [-0.15, -0.1) is 0 Å². The predicted molar refractivity (Wildman–Crippen MR) is 144 cm³/mol. The summed E-state index contributed by atoms with van der Waals surface area (Å²) in [6, 6.07) is 9.38. The number of nitrogens with zero attached hydrogens (tertiary/aromatic N) is 3. The van der Waals surface area contributed by atoms with Crippen molar-refractivity contribution in [2.75, 3.05) is 6.61 Å². The molecule has 2 unspecified atom stereocenters. The highest BCUT2D eigenvalue weighted by Gasteiger charge is 2.45. The zero-order chi connectivity index (χ0) is 25.5. The van der Waals surface area contributed by atoms with Crippen molar-refractivity contribution in [3.63, 3.8) is 0 Å². The van der Waals surface area contributed by atoms with Crippen molar-refractivity contribution in [2.24, 2.45) is 11.8 Å². The molecule has 4 aliphatic rings. The van der Waals surface area contributed by atoms with Crippen LogP contribution in [0.15, 0.2) is 29.1 Å². The van der Waals surface area contributed by atoms with Crippen LogP contribution in [0.3, 0.4) is 0 Å². The highest BCUT2D eigenvalue weighted by Crippen LogP contribution is 2.46. The lowest BCUT2D eigenvalue weighted by atomic mass is 9.73. The van der Waals surface area contributed by atoms with Gasteiger partial charge >= 0.3 is 5.97 Å². The number of hydrogen-bond acceptors (Lipinski definition) is 6. The summed E-state index contributed by atoms with van der Waals surface area (Å²) in [7, 11) is 0. The number of esters is 1. The summed E-state index contributed by atoms with van der Waals surface area (Å²) in [5.41, 5.74) is 0.565. The van der Waals surface area contributed by atoms with Crippen LogP contribution in [0.4, 0.5) is 0 Å². The number of carbonyl (C=O) groups excluding carboxylic acids is 1. The van der Waals surface area contributed by atoms with Gasteiger partial charge in [0.2, 0.25) is 0 Å². The number of rotatable bonds is 5. The molecule has 0 radical (unpaired) electrons. The van der Waals surface area contributed by atoms with Gasteiger partial charge < -0.3 is 9.30 Å². The lowest BCUT2D eigenvalue weighted by Crippen LogP contribution is -2.58. The molecule has 37 heavy (non-hydrogen) atoms. The van der Waals surface area contributed by atoms with Gasteiger partial charge in [-0.25, -0.2) is 9.78 Å². The maximum absolute atomic E-state index is 13.8. The Hall–Kier alpha value is -2.54. The van der Waals surface area contributed by atoms with E-state index in [4.69, 9.17) is 10.1 Å². The van der Waals surface area contributed by atoms with Crippen molar-refractivity contribution in [1.29, 1.82) is 5.41 Å². The van der Waals surface area contributed by atoms with Crippen LogP contribution in [-0.2, 0) is 9.53 Å². The van der Waals surface area contributed by atoms with Crippen molar-refractivity contribution >= 4 is 22.7 Å².